The van der Waals surface area contributed by atoms with E-state index in [1.165, 1.54) is 18.2 Å². The Morgan fingerprint density at radius 3 is 2.67 bits per heavy atom. The summed E-state index contributed by atoms with van der Waals surface area (Å²) in [6, 6.07) is 7.74. The predicted octanol–water partition coefficient (Wildman–Crippen LogP) is 1.34. The van der Waals surface area contributed by atoms with Crippen molar-refractivity contribution in [1.29, 1.82) is 0 Å². The van der Waals surface area contributed by atoms with Gasteiger partial charge in [0.25, 0.3) is 0 Å². The number of benzene rings is 1. The molecular formula is C14H16N2O4S. The summed E-state index contributed by atoms with van der Waals surface area (Å²) in [6.45, 7) is 0.210. The van der Waals surface area contributed by atoms with Gasteiger partial charge in [-0.3, -0.25) is 0 Å². The summed E-state index contributed by atoms with van der Waals surface area (Å²) in [4.78, 5) is 10.9. The van der Waals surface area contributed by atoms with Crippen LogP contribution in [0, 0.1) is 0 Å². The van der Waals surface area contributed by atoms with E-state index in [9.17, 15) is 13.2 Å². The predicted molar refractivity (Wildman–Crippen MR) is 78.3 cm³/mol. The maximum atomic E-state index is 12.0. The number of hydrogen-bond donors (Lipinski definition) is 2. The number of aryl methyl sites for hydroxylation is 1. The zero-order chi connectivity index (χ0) is 15.5. The number of aromatic carboxylic acids is 1. The summed E-state index contributed by atoms with van der Waals surface area (Å²) < 4.78 is 28.3. The Morgan fingerprint density at radius 1 is 1.29 bits per heavy atom. The van der Waals surface area contributed by atoms with Crippen LogP contribution in [0.3, 0.4) is 0 Å². The van der Waals surface area contributed by atoms with Gasteiger partial charge in [0.2, 0.25) is 10.0 Å². The largest absolute Gasteiger partial charge is 0.478 e. The number of nitrogens with one attached hydrogen (secondary N) is 1. The Morgan fingerprint density at radius 2 is 2.05 bits per heavy atom. The van der Waals surface area contributed by atoms with Crippen molar-refractivity contribution in [3.63, 3.8) is 0 Å². The molecule has 0 radical (unpaired) electrons. The van der Waals surface area contributed by atoms with Gasteiger partial charge in [0, 0.05) is 26.0 Å². The second-order valence-corrected chi connectivity index (χ2v) is 6.58. The molecule has 0 bridgehead atoms. The van der Waals surface area contributed by atoms with Gasteiger partial charge in [-0.25, -0.2) is 17.9 Å². The molecule has 1 aromatic carbocycles. The molecule has 0 unspecified atom stereocenters. The smallest absolute Gasteiger partial charge is 0.335 e. The number of hydrogen-bond acceptors (Lipinski definition) is 3. The first kappa shape index (κ1) is 15.3. The molecule has 0 atom stereocenters. The van der Waals surface area contributed by atoms with Gasteiger partial charge in [-0.05, 0) is 29.3 Å². The van der Waals surface area contributed by atoms with E-state index >= 15 is 0 Å². The quantitative estimate of drug-likeness (QED) is 0.843. The number of carbonyl (C=O) groups is 1. The second-order valence-electron chi connectivity index (χ2n) is 4.77. The molecule has 0 saturated carbocycles. The summed E-state index contributed by atoms with van der Waals surface area (Å²) in [5.74, 6) is -1.33. The SMILES string of the molecule is Cn1ccc(CNS(=O)(=O)Cc2cccc(C(=O)O)c2)c1. The van der Waals surface area contributed by atoms with Crippen LogP contribution in [0.1, 0.15) is 21.5 Å². The molecule has 2 aromatic rings. The fraction of sp³-hybridized carbons (Fsp3) is 0.214. The van der Waals surface area contributed by atoms with Crippen molar-refractivity contribution in [2.45, 2.75) is 12.3 Å². The zero-order valence-corrected chi connectivity index (χ0v) is 12.3. The van der Waals surface area contributed by atoms with Gasteiger partial charge < -0.3 is 9.67 Å². The summed E-state index contributed by atoms with van der Waals surface area (Å²) in [5.41, 5.74) is 1.38. The van der Waals surface area contributed by atoms with Crippen molar-refractivity contribution in [1.82, 2.24) is 9.29 Å². The monoisotopic (exact) mass is 308 g/mol. The molecule has 2 N–H and O–H groups in total. The summed E-state index contributed by atoms with van der Waals surface area (Å²) in [5, 5.41) is 8.89. The van der Waals surface area contributed by atoms with Crippen LogP contribution in [0.4, 0.5) is 0 Å². The maximum Gasteiger partial charge on any atom is 0.335 e. The minimum atomic E-state index is -3.52. The Balaban J connectivity index is 2.03. The Kier molecular flexibility index (Phi) is 4.44. The van der Waals surface area contributed by atoms with Gasteiger partial charge in [0.1, 0.15) is 0 Å². The van der Waals surface area contributed by atoms with E-state index in [-0.39, 0.29) is 17.9 Å². The first-order valence-corrected chi connectivity index (χ1v) is 7.91. The Hall–Kier alpha value is -2.12. The molecular weight excluding hydrogens is 292 g/mol. The summed E-state index contributed by atoms with van der Waals surface area (Å²) >= 11 is 0. The average molecular weight is 308 g/mol. The molecule has 0 fully saturated rings. The lowest BCUT2D eigenvalue weighted by Crippen LogP contribution is -2.24. The van der Waals surface area contributed by atoms with Crippen LogP contribution < -0.4 is 4.72 Å². The standard InChI is InChI=1S/C14H16N2O4S/c1-16-6-5-12(9-16)8-15-21(19,20)10-11-3-2-4-13(7-11)14(17)18/h2-7,9,15H,8,10H2,1H3,(H,17,18). The number of carboxylic acids is 1. The summed E-state index contributed by atoms with van der Waals surface area (Å²) in [6.07, 6.45) is 3.66. The molecule has 0 spiro atoms. The third-order valence-corrected chi connectivity index (χ3v) is 4.22. The van der Waals surface area contributed by atoms with E-state index in [0.717, 1.165) is 5.56 Å². The van der Waals surface area contributed by atoms with Crippen molar-refractivity contribution in [3.8, 4) is 0 Å². The molecule has 0 aliphatic carbocycles. The molecule has 1 heterocycles. The normalized spacial score (nSPS) is 11.5. The highest BCUT2D eigenvalue weighted by Gasteiger charge is 2.13. The van der Waals surface area contributed by atoms with Crippen molar-refractivity contribution in [3.05, 3.63) is 59.4 Å². The fourth-order valence-corrected chi connectivity index (χ4v) is 3.03. The lowest BCUT2D eigenvalue weighted by Gasteiger charge is -2.06. The minimum absolute atomic E-state index is 0.0748. The van der Waals surface area contributed by atoms with Gasteiger partial charge in [-0.2, -0.15) is 0 Å². The third-order valence-electron chi connectivity index (χ3n) is 2.92. The Labute approximate surface area is 123 Å². The first-order chi connectivity index (χ1) is 9.85. The van der Waals surface area contributed by atoms with Crippen LogP contribution in [0.2, 0.25) is 0 Å². The zero-order valence-electron chi connectivity index (χ0n) is 11.5. The average Bonchev–Trinajstić information content (AvgIpc) is 2.82. The highest BCUT2D eigenvalue weighted by atomic mass is 32.2. The van der Waals surface area contributed by atoms with Crippen molar-refractivity contribution in [2.75, 3.05) is 0 Å². The maximum absolute atomic E-state index is 12.0. The van der Waals surface area contributed by atoms with Gasteiger partial charge >= 0.3 is 5.97 Å². The highest BCUT2D eigenvalue weighted by molar-refractivity contribution is 7.88. The number of carboxylic acid groups (broad SMARTS) is 1. The molecule has 0 aliphatic rings. The number of nitrogens with zero attached hydrogens (tertiary/aromatic N) is 1. The lowest BCUT2D eigenvalue weighted by molar-refractivity contribution is 0.0696. The topological polar surface area (TPSA) is 88.4 Å². The van der Waals surface area contributed by atoms with Crippen molar-refractivity contribution < 1.29 is 18.3 Å². The van der Waals surface area contributed by atoms with E-state index in [4.69, 9.17) is 5.11 Å². The number of sulfonamides is 1. The molecule has 112 valence electrons. The molecule has 0 saturated heterocycles. The molecule has 0 amide bonds. The van der Waals surface area contributed by atoms with E-state index in [2.05, 4.69) is 4.72 Å². The van der Waals surface area contributed by atoms with Crippen LogP contribution in [-0.4, -0.2) is 24.1 Å². The molecule has 21 heavy (non-hydrogen) atoms. The van der Waals surface area contributed by atoms with Crippen LogP contribution in [0.15, 0.2) is 42.7 Å². The van der Waals surface area contributed by atoms with E-state index in [0.29, 0.717) is 5.56 Å². The molecule has 0 aliphatic heterocycles. The minimum Gasteiger partial charge on any atom is -0.478 e. The number of rotatable bonds is 6. The molecule has 2 rings (SSSR count). The van der Waals surface area contributed by atoms with Gasteiger partial charge in [-0.1, -0.05) is 12.1 Å². The second kappa shape index (κ2) is 6.11. The van der Waals surface area contributed by atoms with E-state index in [1.54, 1.807) is 6.07 Å². The van der Waals surface area contributed by atoms with Gasteiger partial charge in [0.15, 0.2) is 0 Å². The van der Waals surface area contributed by atoms with Gasteiger partial charge in [-0.15, -0.1) is 0 Å². The number of aromatic nitrogens is 1. The van der Waals surface area contributed by atoms with E-state index < -0.39 is 16.0 Å². The van der Waals surface area contributed by atoms with Crippen molar-refractivity contribution >= 4 is 16.0 Å². The fourth-order valence-electron chi connectivity index (χ4n) is 1.92. The van der Waals surface area contributed by atoms with Crippen LogP contribution >= 0.6 is 0 Å². The van der Waals surface area contributed by atoms with Crippen LogP contribution in [0.25, 0.3) is 0 Å². The first-order valence-electron chi connectivity index (χ1n) is 6.26. The third kappa shape index (κ3) is 4.44. The van der Waals surface area contributed by atoms with Crippen molar-refractivity contribution in [2.24, 2.45) is 7.05 Å². The highest BCUT2D eigenvalue weighted by Crippen LogP contribution is 2.09. The van der Waals surface area contributed by atoms with E-state index in [1.807, 2.05) is 30.1 Å². The summed E-state index contributed by atoms with van der Waals surface area (Å²) in [7, 11) is -1.66. The lowest BCUT2D eigenvalue weighted by atomic mass is 10.1. The van der Waals surface area contributed by atoms with Crippen LogP contribution in [0.5, 0.6) is 0 Å². The molecule has 6 nitrogen and oxygen atoms in total. The molecule has 1 aromatic heterocycles. The van der Waals surface area contributed by atoms with Crippen LogP contribution in [-0.2, 0) is 29.4 Å². The Bertz CT molecular complexity index is 750. The molecule has 7 heteroatoms. The van der Waals surface area contributed by atoms with Gasteiger partial charge in [0.05, 0.1) is 11.3 Å².